The molecule has 1 rings (SSSR count). The van der Waals surface area contributed by atoms with Crippen LogP contribution in [0.25, 0.3) is 0 Å². The van der Waals surface area contributed by atoms with E-state index in [9.17, 15) is 5.11 Å². The maximum atomic E-state index is 9.69. The van der Waals surface area contributed by atoms with E-state index in [4.69, 9.17) is 9.47 Å². The highest BCUT2D eigenvalue weighted by Gasteiger charge is 2.16. The van der Waals surface area contributed by atoms with Crippen molar-refractivity contribution in [2.24, 2.45) is 5.92 Å². The first-order valence-electron chi connectivity index (χ1n) is 6.75. The Bertz CT molecular complexity index is 182. The summed E-state index contributed by atoms with van der Waals surface area (Å²) >= 11 is 0. The van der Waals surface area contributed by atoms with E-state index in [0.29, 0.717) is 19.2 Å². The van der Waals surface area contributed by atoms with Gasteiger partial charge in [-0.05, 0) is 25.2 Å². The number of hydrogen-bond donors (Lipinski definition) is 2. The molecule has 0 saturated carbocycles. The van der Waals surface area contributed by atoms with Crippen LogP contribution in [0.15, 0.2) is 0 Å². The number of aliphatic hydroxyl groups excluding tert-OH is 1. The highest BCUT2D eigenvalue weighted by Crippen LogP contribution is 2.04. The number of rotatable bonds is 9. The van der Waals surface area contributed by atoms with Crippen molar-refractivity contribution in [1.82, 2.24) is 5.32 Å². The van der Waals surface area contributed by atoms with E-state index in [2.05, 4.69) is 19.2 Å². The molecule has 1 aliphatic heterocycles. The average Bonchev–Trinajstić information content (AvgIpc) is 2.78. The van der Waals surface area contributed by atoms with E-state index in [1.165, 1.54) is 6.42 Å². The summed E-state index contributed by atoms with van der Waals surface area (Å²) in [7, 11) is 0. The minimum absolute atomic E-state index is 0.408. The first-order chi connectivity index (χ1) is 8.18. The van der Waals surface area contributed by atoms with Crippen LogP contribution in [-0.2, 0) is 9.47 Å². The Kier molecular flexibility index (Phi) is 7.77. The van der Waals surface area contributed by atoms with Crippen LogP contribution < -0.4 is 5.32 Å². The zero-order valence-electron chi connectivity index (χ0n) is 11.2. The highest BCUT2D eigenvalue weighted by atomic mass is 16.5. The van der Waals surface area contributed by atoms with Gasteiger partial charge in [-0.15, -0.1) is 0 Å². The van der Waals surface area contributed by atoms with E-state index >= 15 is 0 Å². The second kappa shape index (κ2) is 8.86. The van der Waals surface area contributed by atoms with Gasteiger partial charge in [0, 0.05) is 25.8 Å². The predicted molar refractivity (Wildman–Crippen MR) is 68.1 cm³/mol. The van der Waals surface area contributed by atoms with Gasteiger partial charge in [0.05, 0.1) is 19.3 Å². The van der Waals surface area contributed by atoms with E-state index in [-0.39, 0.29) is 0 Å². The van der Waals surface area contributed by atoms with Crippen molar-refractivity contribution in [1.29, 1.82) is 0 Å². The Balaban J connectivity index is 1.88. The predicted octanol–water partition coefficient (Wildman–Crippen LogP) is 1.18. The SMILES string of the molecule is CC(C)CCCOCC(O)CNC1CCOC1. The third kappa shape index (κ3) is 7.71. The zero-order chi connectivity index (χ0) is 12.5. The molecule has 0 aliphatic carbocycles. The largest absolute Gasteiger partial charge is 0.389 e. The maximum Gasteiger partial charge on any atom is 0.0897 e. The summed E-state index contributed by atoms with van der Waals surface area (Å²) in [6, 6.07) is 0.408. The fraction of sp³-hybridized carbons (Fsp3) is 1.00. The summed E-state index contributed by atoms with van der Waals surface area (Å²) in [5.41, 5.74) is 0. The molecule has 4 nitrogen and oxygen atoms in total. The van der Waals surface area contributed by atoms with Crippen molar-refractivity contribution in [3.05, 3.63) is 0 Å². The van der Waals surface area contributed by atoms with Crippen molar-refractivity contribution in [3.63, 3.8) is 0 Å². The number of ether oxygens (including phenoxy) is 2. The average molecular weight is 245 g/mol. The van der Waals surface area contributed by atoms with Gasteiger partial charge in [-0.25, -0.2) is 0 Å². The fourth-order valence-corrected chi connectivity index (χ4v) is 1.87. The van der Waals surface area contributed by atoms with Gasteiger partial charge < -0.3 is 19.9 Å². The fourth-order valence-electron chi connectivity index (χ4n) is 1.87. The summed E-state index contributed by atoms with van der Waals surface area (Å²) in [5.74, 6) is 0.729. The van der Waals surface area contributed by atoms with Crippen molar-refractivity contribution in [2.75, 3.05) is 33.0 Å². The molecule has 2 atom stereocenters. The normalized spacial score (nSPS) is 22.2. The summed E-state index contributed by atoms with van der Waals surface area (Å²) < 4.78 is 10.7. The van der Waals surface area contributed by atoms with E-state index < -0.39 is 6.10 Å². The lowest BCUT2D eigenvalue weighted by Gasteiger charge is -2.15. The van der Waals surface area contributed by atoms with Gasteiger partial charge in [0.25, 0.3) is 0 Å². The summed E-state index contributed by atoms with van der Waals surface area (Å²) in [5, 5.41) is 13.0. The van der Waals surface area contributed by atoms with E-state index in [0.717, 1.165) is 38.6 Å². The molecule has 0 aromatic carbocycles. The molecule has 1 aliphatic rings. The van der Waals surface area contributed by atoms with Gasteiger partial charge in [-0.2, -0.15) is 0 Å². The molecule has 1 fully saturated rings. The van der Waals surface area contributed by atoms with Gasteiger partial charge in [-0.3, -0.25) is 0 Å². The topological polar surface area (TPSA) is 50.7 Å². The van der Waals surface area contributed by atoms with Crippen LogP contribution in [0.2, 0.25) is 0 Å². The molecule has 1 heterocycles. The molecule has 102 valence electrons. The Hall–Kier alpha value is -0.160. The molecule has 0 amide bonds. The van der Waals surface area contributed by atoms with E-state index in [1.807, 2.05) is 0 Å². The first-order valence-corrected chi connectivity index (χ1v) is 6.75. The standard InChI is InChI=1S/C13H27NO3/c1-11(2)4-3-6-16-10-13(15)8-14-12-5-7-17-9-12/h11-15H,3-10H2,1-2H3. The van der Waals surface area contributed by atoms with Crippen molar-refractivity contribution in [3.8, 4) is 0 Å². The third-order valence-corrected chi connectivity index (χ3v) is 2.95. The molecule has 2 unspecified atom stereocenters. The Morgan fingerprint density at radius 3 is 2.94 bits per heavy atom. The zero-order valence-corrected chi connectivity index (χ0v) is 11.2. The van der Waals surface area contributed by atoms with Crippen LogP contribution in [0.4, 0.5) is 0 Å². The summed E-state index contributed by atoms with van der Waals surface area (Å²) in [6.45, 7) is 7.80. The molecule has 17 heavy (non-hydrogen) atoms. The van der Waals surface area contributed by atoms with Crippen LogP contribution >= 0.6 is 0 Å². The van der Waals surface area contributed by atoms with Crippen LogP contribution in [0.5, 0.6) is 0 Å². The molecule has 0 radical (unpaired) electrons. The molecular formula is C13H27NO3. The number of aliphatic hydroxyl groups is 1. The Morgan fingerprint density at radius 2 is 2.29 bits per heavy atom. The smallest absolute Gasteiger partial charge is 0.0897 e. The lowest BCUT2D eigenvalue weighted by atomic mass is 10.1. The van der Waals surface area contributed by atoms with E-state index in [1.54, 1.807) is 0 Å². The third-order valence-electron chi connectivity index (χ3n) is 2.95. The molecule has 0 bridgehead atoms. The van der Waals surface area contributed by atoms with Crippen LogP contribution in [-0.4, -0.2) is 50.2 Å². The molecule has 4 heteroatoms. The minimum atomic E-state index is -0.408. The van der Waals surface area contributed by atoms with Gasteiger partial charge >= 0.3 is 0 Å². The van der Waals surface area contributed by atoms with Gasteiger partial charge in [0.15, 0.2) is 0 Å². The minimum Gasteiger partial charge on any atom is -0.389 e. The molecule has 0 aromatic heterocycles. The maximum absolute atomic E-state index is 9.69. The van der Waals surface area contributed by atoms with Gasteiger partial charge in [-0.1, -0.05) is 13.8 Å². The van der Waals surface area contributed by atoms with Gasteiger partial charge in [0.2, 0.25) is 0 Å². The second-order valence-corrected chi connectivity index (χ2v) is 5.23. The van der Waals surface area contributed by atoms with Crippen molar-refractivity contribution >= 4 is 0 Å². The van der Waals surface area contributed by atoms with Crippen molar-refractivity contribution in [2.45, 2.75) is 45.3 Å². The quantitative estimate of drug-likeness (QED) is 0.599. The number of hydrogen-bond acceptors (Lipinski definition) is 4. The lowest BCUT2D eigenvalue weighted by Crippen LogP contribution is -2.37. The first kappa shape index (κ1) is 14.9. The molecule has 2 N–H and O–H groups in total. The number of nitrogens with one attached hydrogen (secondary N) is 1. The molecule has 0 aromatic rings. The monoisotopic (exact) mass is 245 g/mol. The highest BCUT2D eigenvalue weighted by molar-refractivity contribution is 4.72. The second-order valence-electron chi connectivity index (χ2n) is 5.23. The summed E-state index contributed by atoms with van der Waals surface area (Å²) in [6.07, 6.45) is 2.90. The summed E-state index contributed by atoms with van der Waals surface area (Å²) in [4.78, 5) is 0. The van der Waals surface area contributed by atoms with Crippen LogP contribution in [0.1, 0.15) is 33.1 Å². The molecule has 1 saturated heterocycles. The molecule has 0 spiro atoms. The van der Waals surface area contributed by atoms with Gasteiger partial charge in [0.1, 0.15) is 0 Å². The lowest BCUT2D eigenvalue weighted by molar-refractivity contribution is 0.0332. The van der Waals surface area contributed by atoms with Crippen LogP contribution in [0.3, 0.4) is 0 Å². The molecular weight excluding hydrogens is 218 g/mol. The van der Waals surface area contributed by atoms with Crippen LogP contribution in [0, 0.1) is 5.92 Å². The Morgan fingerprint density at radius 1 is 1.47 bits per heavy atom. The van der Waals surface area contributed by atoms with Crippen molar-refractivity contribution < 1.29 is 14.6 Å². The Labute approximate surface area is 105 Å².